The molecule has 184 valence electrons. The van der Waals surface area contributed by atoms with Gasteiger partial charge in [-0.1, -0.05) is 13.0 Å². The second-order valence-electron chi connectivity index (χ2n) is 9.08. The number of nitro groups is 1. The number of hydrogen-bond donors (Lipinski definition) is 2. The Morgan fingerprint density at radius 3 is 2.51 bits per heavy atom. The molecule has 0 aromatic heterocycles. The van der Waals surface area contributed by atoms with E-state index in [1.807, 2.05) is 4.90 Å². The molecule has 2 aromatic rings. The van der Waals surface area contributed by atoms with E-state index in [2.05, 4.69) is 17.6 Å². The molecule has 10 heteroatoms. The third kappa shape index (κ3) is 6.34. The number of piperidine rings is 1. The molecule has 0 unspecified atom stereocenters. The SMILES string of the molecule is CC1CCN(c2ccc([N+](=O)[O-])cc2C(=O)OCC(=O)Nc2cccc(C(=O)NC3CC3)c2)CC1. The van der Waals surface area contributed by atoms with Gasteiger partial charge in [0.05, 0.1) is 16.2 Å². The van der Waals surface area contributed by atoms with E-state index in [4.69, 9.17) is 4.74 Å². The average Bonchev–Trinajstić information content (AvgIpc) is 3.67. The van der Waals surface area contributed by atoms with Crippen molar-refractivity contribution in [2.75, 3.05) is 29.9 Å². The third-order valence-corrected chi connectivity index (χ3v) is 6.19. The molecule has 0 atom stereocenters. The van der Waals surface area contributed by atoms with Gasteiger partial charge in [-0.15, -0.1) is 0 Å². The molecule has 1 aliphatic heterocycles. The van der Waals surface area contributed by atoms with Gasteiger partial charge in [0, 0.05) is 42.5 Å². The van der Waals surface area contributed by atoms with Gasteiger partial charge in [-0.3, -0.25) is 19.7 Å². The van der Waals surface area contributed by atoms with E-state index in [0.717, 1.165) is 38.8 Å². The number of nitrogens with zero attached hydrogens (tertiary/aromatic N) is 2. The zero-order valence-corrected chi connectivity index (χ0v) is 19.5. The first kappa shape index (κ1) is 24.2. The first-order chi connectivity index (χ1) is 16.8. The van der Waals surface area contributed by atoms with E-state index in [1.165, 1.54) is 12.1 Å². The van der Waals surface area contributed by atoms with E-state index in [-0.39, 0.29) is 23.2 Å². The van der Waals surface area contributed by atoms with Crippen molar-refractivity contribution < 1.29 is 24.0 Å². The number of rotatable bonds is 8. The predicted molar refractivity (Wildman–Crippen MR) is 130 cm³/mol. The minimum absolute atomic E-state index is 0.0558. The summed E-state index contributed by atoms with van der Waals surface area (Å²) in [5, 5.41) is 16.8. The number of nitrogens with one attached hydrogen (secondary N) is 2. The summed E-state index contributed by atoms with van der Waals surface area (Å²) < 4.78 is 5.21. The largest absolute Gasteiger partial charge is 0.452 e. The van der Waals surface area contributed by atoms with E-state index < -0.39 is 23.4 Å². The van der Waals surface area contributed by atoms with Crippen molar-refractivity contribution in [3.63, 3.8) is 0 Å². The number of non-ortho nitro benzene ring substituents is 1. The van der Waals surface area contributed by atoms with Crippen LogP contribution in [0.1, 0.15) is 53.3 Å². The molecule has 1 saturated heterocycles. The molecule has 10 nitrogen and oxygen atoms in total. The molecule has 1 heterocycles. The Balaban J connectivity index is 1.40. The highest BCUT2D eigenvalue weighted by Gasteiger charge is 2.25. The van der Waals surface area contributed by atoms with Crippen LogP contribution in [0, 0.1) is 16.0 Å². The summed E-state index contributed by atoms with van der Waals surface area (Å²) in [5.41, 5.74) is 1.20. The van der Waals surface area contributed by atoms with Gasteiger partial charge in [-0.05, 0) is 55.9 Å². The Morgan fingerprint density at radius 1 is 1.09 bits per heavy atom. The second kappa shape index (κ2) is 10.5. The van der Waals surface area contributed by atoms with Crippen LogP contribution in [-0.2, 0) is 9.53 Å². The summed E-state index contributed by atoms with van der Waals surface area (Å²) in [6, 6.07) is 10.8. The molecule has 35 heavy (non-hydrogen) atoms. The summed E-state index contributed by atoms with van der Waals surface area (Å²) in [6.45, 7) is 3.04. The number of anilines is 2. The molecule has 4 rings (SSSR count). The van der Waals surface area contributed by atoms with Crippen molar-refractivity contribution in [1.29, 1.82) is 0 Å². The maximum Gasteiger partial charge on any atom is 0.341 e. The summed E-state index contributed by atoms with van der Waals surface area (Å²) >= 11 is 0. The van der Waals surface area contributed by atoms with Crippen LogP contribution in [0.5, 0.6) is 0 Å². The van der Waals surface area contributed by atoms with Gasteiger partial charge < -0.3 is 20.3 Å². The number of nitro benzene ring substituents is 1. The molecule has 2 aliphatic rings. The number of ether oxygens (including phenoxy) is 1. The second-order valence-corrected chi connectivity index (χ2v) is 9.08. The van der Waals surface area contributed by atoms with Gasteiger partial charge in [0.1, 0.15) is 0 Å². The monoisotopic (exact) mass is 480 g/mol. The molecule has 0 bridgehead atoms. The minimum Gasteiger partial charge on any atom is -0.452 e. The summed E-state index contributed by atoms with van der Waals surface area (Å²) in [5.74, 6) is -1.03. The highest BCUT2D eigenvalue weighted by molar-refractivity contribution is 6.00. The van der Waals surface area contributed by atoms with Gasteiger partial charge in [-0.2, -0.15) is 0 Å². The lowest BCUT2D eigenvalue weighted by molar-refractivity contribution is -0.384. The first-order valence-corrected chi connectivity index (χ1v) is 11.7. The topological polar surface area (TPSA) is 131 Å². The number of amides is 2. The minimum atomic E-state index is -0.810. The van der Waals surface area contributed by atoms with Crippen LogP contribution >= 0.6 is 0 Å². The fraction of sp³-hybridized carbons (Fsp3) is 0.400. The highest BCUT2D eigenvalue weighted by Crippen LogP contribution is 2.30. The Hall–Kier alpha value is -3.95. The van der Waals surface area contributed by atoms with Crippen molar-refractivity contribution in [2.24, 2.45) is 5.92 Å². The molecule has 1 saturated carbocycles. The van der Waals surface area contributed by atoms with E-state index in [1.54, 1.807) is 30.3 Å². The molecule has 2 fully saturated rings. The Labute approximate surface area is 202 Å². The van der Waals surface area contributed by atoms with Crippen molar-refractivity contribution >= 4 is 34.8 Å². The Kier molecular flexibility index (Phi) is 7.28. The number of esters is 1. The standard InChI is InChI=1S/C25H28N4O6/c1-16-9-11-28(12-10-16)22-8-7-20(29(33)34)14-21(22)25(32)35-15-23(30)26-19-4-2-3-17(13-19)24(31)27-18-5-6-18/h2-4,7-8,13-14,16,18H,5-6,9-12,15H2,1H3,(H,26,30)(H,27,31). The van der Waals surface area contributed by atoms with Crippen LogP contribution < -0.4 is 15.5 Å². The van der Waals surface area contributed by atoms with E-state index >= 15 is 0 Å². The number of hydrogen-bond acceptors (Lipinski definition) is 7. The lowest BCUT2D eigenvalue weighted by atomic mass is 9.98. The van der Waals surface area contributed by atoms with Crippen LogP contribution in [0.15, 0.2) is 42.5 Å². The van der Waals surface area contributed by atoms with E-state index in [0.29, 0.717) is 22.9 Å². The molecule has 2 N–H and O–H groups in total. The fourth-order valence-corrected chi connectivity index (χ4v) is 3.97. The zero-order chi connectivity index (χ0) is 24.9. The molecular formula is C25H28N4O6. The van der Waals surface area contributed by atoms with Gasteiger partial charge in [0.15, 0.2) is 6.61 Å². The fourth-order valence-electron chi connectivity index (χ4n) is 3.97. The predicted octanol–water partition coefficient (Wildman–Crippen LogP) is 3.52. The summed E-state index contributed by atoms with van der Waals surface area (Å²) in [4.78, 5) is 50.2. The quantitative estimate of drug-likeness (QED) is 0.336. The third-order valence-electron chi connectivity index (χ3n) is 6.19. The summed E-state index contributed by atoms with van der Waals surface area (Å²) in [6.07, 6.45) is 3.84. The zero-order valence-electron chi connectivity index (χ0n) is 19.5. The lowest BCUT2D eigenvalue weighted by Crippen LogP contribution is -2.34. The molecule has 0 spiro atoms. The normalized spacial score (nSPS) is 15.9. The number of carbonyl (C=O) groups excluding carboxylic acids is 3. The number of benzene rings is 2. The van der Waals surface area contributed by atoms with Crippen molar-refractivity contribution in [3.05, 3.63) is 63.7 Å². The Bertz CT molecular complexity index is 1140. The lowest BCUT2D eigenvalue weighted by Gasteiger charge is -2.33. The molecular weight excluding hydrogens is 452 g/mol. The summed E-state index contributed by atoms with van der Waals surface area (Å²) in [7, 11) is 0. The Morgan fingerprint density at radius 2 is 1.83 bits per heavy atom. The number of carbonyl (C=O) groups is 3. The van der Waals surface area contributed by atoms with Crippen molar-refractivity contribution in [3.8, 4) is 0 Å². The molecule has 0 radical (unpaired) electrons. The maximum absolute atomic E-state index is 12.9. The van der Waals surface area contributed by atoms with E-state index in [9.17, 15) is 24.5 Å². The molecule has 2 amide bonds. The maximum atomic E-state index is 12.9. The van der Waals surface area contributed by atoms with Crippen LogP contribution in [0.25, 0.3) is 0 Å². The van der Waals surface area contributed by atoms with Crippen LogP contribution in [-0.4, -0.2) is 48.4 Å². The van der Waals surface area contributed by atoms with Gasteiger partial charge >= 0.3 is 5.97 Å². The van der Waals surface area contributed by atoms with Gasteiger partial charge in [-0.25, -0.2) is 4.79 Å². The van der Waals surface area contributed by atoms with Crippen LogP contribution in [0.4, 0.5) is 17.1 Å². The van der Waals surface area contributed by atoms with Crippen LogP contribution in [0.3, 0.4) is 0 Å². The molecule has 1 aliphatic carbocycles. The van der Waals surface area contributed by atoms with Crippen LogP contribution in [0.2, 0.25) is 0 Å². The first-order valence-electron chi connectivity index (χ1n) is 11.7. The molecule has 2 aromatic carbocycles. The van der Waals surface area contributed by atoms with Crippen molar-refractivity contribution in [1.82, 2.24) is 5.32 Å². The van der Waals surface area contributed by atoms with Crippen molar-refractivity contribution in [2.45, 2.75) is 38.6 Å². The van der Waals surface area contributed by atoms with Gasteiger partial charge in [0.2, 0.25) is 0 Å². The smallest absolute Gasteiger partial charge is 0.341 e. The average molecular weight is 481 g/mol. The highest BCUT2D eigenvalue weighted by atomic mass is 16.6. The van der Waals surface area contributed by atoms with Gasteiger partial charge in [0.25, 0.3) is 17.5 Å².